The smallest absolute Gasteiger partial charge is 0.354 e. The number of hydrogen-bond donors (Lipinski definition) is 6. The minimum Gasteiger partial charge on any atom is -0.379 e. The second-order valence-electron chi connectivity index (χ2n) is 11.7. The number of thioether (sulfide) groups is 1. The van der Waals surface area contributed by atoms with E-state index in [0.717, 1.165) is 74.1 Å². The van der Waals surface area contributed by atoms with Crippen LogP contribution in [0.4, 0.5) is 0 Å². The molecule has 0 amide bonds. The molecule has 3 aromatic rings. The fourth-order valence-electron chi connectivity index (χ4n) is 6.37. The predicted octanol–water partition coefficient (Wildman–Crippen LogP) is 3.38. The largest absolute Gasteiger partial charge is 0.379 e. The van der Waals surface area contributed by atoms with Gasteiger partial charge in [0.1, 0.15) is 5.65 Å². The van der Waals surface area contributed by atoms with Gasteiger partial charge in [-0.25, -0.2) is 4.79 Å². The van der Waals surface area contributed by atoms with Crippen LogP contribution in [0.2, 0.25) is 0 Å². The van der Waals surface area contributed by atoms with E-state index in [1.165, 1.54) is 23.7 Å². The highest BCUT2D eigenvalue weighted by atomic mass is 32.2. The third-order valence-electron chi connectivity index (χ3n) is 8.58. The van der Waals surface area contributed by atoms with Crippen LogP contribution in [0.1, 0.15) is 75.2 Å². The number of rotatable bonds is 11. The number of hydrogen-bond acceptors (Lipinski definition) is 8. The van der Waals surface area contributed by atoms with Gasteiger partial charge in [-0.05, 0) is 82.8 Å². The van der Waals surface area contributed by atoms with Crippen molar-refractivity contribution >= 4 is 28.0 Å². The summed E-state index contributed by atoms with van der Waals surface area (Å²) >= 11 is 1.41. The Morgan fingerprint density at radius 3 is 2.83 bits per heavy atom. The Bertz CT molecular complexity index is 1370. The summed E-state index contributed by atoms with van der Waals surface area (Å²) in [7, 11) is 2.02. The molecule has 2 fully saturated rings. The fraction of sp³-hybridized carbons (Fsp3) is 0.567. The Kier molecular flexibility index (Phi) is 9.82. The van der Waals surface area contributed by atoms with E-state index in [-0.39, 0.29) is 22.9 Å². The third-order valence-corrected chi connectivity index (χ3v) is 9.33. The molecule has 0 saturated carbocycles. The Balaban J connectivity index is 1.30. The number of nitrogens with one attached hydrogen (secondary N) is 4. The molecule has 10 nitrogen and oxygen atoms in total. The minimum absolute atomic E-state index is 0.183. The van der Waals surface area contributed by atoms with Gasteiger partial charge in [0.05, 0.1) is 11.7 Å². The summed E-state index contributed by atoms with van der Waals surface area (Å²) in [5.74, 6) is 0.861. The molecule has 0 spiro atoms. The van der Waals surface area contributed by atoms with E-state index >= 15 is 0 Å². The molecular weight excluding hydrogens is 534 g/mol. The number of amidine groups is 1. The van der Waals surface area contributed by atoms with Gasteiger partial charge in [0.25, 0.3) is 0 Å². The van der Waals surface area contributed by atoms with Crippen LogP contribution < -0.4 is 27.8 Å². The molecule has 1 aromatic carbocycles. The Morgan fingerprint density at radius 2 is 2.10 bits per heavy atom. The number of nitrogens with two attached hydrogens (primary N) is 2. The van der Waals surface area contributed by atoms with Crippen molar-refractivity contribution in [2.45, 2.75) is 82.1 Å². The van der Waals surface area contributed by atoms with Crippen molar-refractivity contribution in [1.29, 1.82) is 5.41 Å². The maximum Gasteiger partial charge on any atom is 0.354 e. The van der Waals surface area contributed by atoms with E-state index in [0.29, 0.717) is 23.8 Å². The lowest BCUT2D eigenvalue weighted by Crippen LogP contribution is -2.37. The van der Waals surface area contributed by atoms with E-state index in [1.807, 2.05) is 25.4 Å². The molecule has 0 radical (unpaired) electrons. The zero-order chi connectivity index (χ0) is 28.9. The highest BCUT2D eigenvalue weighted by Crippen LogP contribution is 2.33. The van der Waals surface area contributed by atoms with Crippen molar-refractivity contribution in [3.05, 3.63) is 58.3 Å². The van der Waals surface area contributed by atoms with Crippen LogP contribution in [0, 0.1) is 5.41 Å². The molecule has 2 aliphatic heterocycles. The van der Waals surface area contributed by atoms with Crippen LogP contribution in [-0.4, -0.2) is 68.6 Å². The highest BCUT2D eigenvalue weighted by molar-refractivity contribution is 8.13. The van der Waals surface area contributed by atoms with Crippen LogP contribution in [0.15, 0.2) is 41.3 Å². The normalized spacial score (nSPS) is 24.2. The fourth-order valence-corrected chi connectivity index (χ4v) is 6.99. The lowest BCUT2D eigenvalue weighted by molar-refractivity contribution is 0.245. The maximum atomic E-state index is 13.1. The maximum absolute atomic E-state index is 13.1. The average Bonchev–Trinajstić information content (AvgIpc) is 3.56. The van der Waals surface area contributed by atoms with Crippen molar-refractivity contribution in [2.24, 2.45) is 11.5 Å². The first-order valence-electron chi connectivity index (χ1n) is 14.9. The molecule has 2 saturated heterocycles. The van der Waals surface area contributed by atoms with Crippen LogP contribution in [0.5, 0.6) is 0 Å². The van der Waals surface area contributed by atoms with Gasteiger partial charge in [0.2, 0.25) is 0 Å². The molecule has 11 heteroatoms. The van der Waals surface area contributed by atoms with Crippen LogP contribution in [0.25, 0.3) is 16.7 Å². The second kappa shape index (κ2) is 13.5. The van der Waals surface area contributed by atoms with E-state index < -0.39 is 0 Å². The van der Waals surface area contributed by atoms with Crippen LogP contribution >= 0.6 is 11.8 Å². The second-order valence-corrected chi connectivity index (χ2v) is 12.9. The number of benzene rings is 1. The topological polar surface area (TPSA) is 154 Å². The molecule has 5 atom stereocenters. The molecule has 2 aliphatic rings. The number of fused-ring (bicyclic) bond motifs is 1. The van der Waals surface area contributed by atoms with Crippen molar-refractivity contribution < 1.29 is 0 Å². The van der Waals surface area contributed by atoms with Crippen LogP contribution in [0.3, 0.4) is 0 Å². The molecule has 2 aromatic heterocycles. The lowest BCUT2D eigenvalue weighted by atomic mass is 9.92. The van der Waals surface area contributed by atoms with Gasteiger partial charge < -0.3 is 27.1 Å². The van der Waals surface area contributed by atoms with E-state index in [9.17, 15) is 4.79 Å². The molecule has 8 N–H and O–H groups in total. The van der Waals surface area contributed by atoms with Crippen molar-refractivity contribution in [3.8, 4) is 5.69 Å². The summed E-state index contributed by atoms with van der Waals surface area (Å²) in [4.78, 5) is 23.5. The molecule has 41 heavy (non-hydrogen) atoms. The van der Waals surface area contributed by atoms with Crippen molar-refractivity contribution in [2.75, 3.05) is 25.9 Å². The van der Waals surface area contributed by atoms with Crippen molar-refractivity contribution in [1.82, 2.24) is 30.1 Å². The van der Waals surface area contributed by atoms with E-state index in [4.69, 9.17) is 16.9 Å². The van der Waals surface area contributed by atoms with E-state index in [1.54, 1.807) is 4.57 Å². The van der Waals surface area contributed by atoms with Crippen LogP contribution in [-0.2, 0) is 0 Å². The Labute approximate surface area is 246 Å². The van der Waals surface area contributed by atoms with Gasteiger partial charge in [-0.3, -0.25) is 14.9 Å². The van der Waals surface area contributed by atoms with Gasteiger partial charge in [-0.15, -0.1) is 0 Å². The molecule has 0 aliphatic carbocycles. The molecular formula is C30H45N9OS. The Hall–Kier alpha value is -2.70. The molecule has 4 heterocycles. The average molecular weight is 580 g/mol. The van der Waals surface area contributed by atoms with Gasteiger partial charge in [0.15, 0.2) is 5.17 Å². The molecule has 5 rings (SSSR count). The summed E-state index contributed by atoms with van der Waals surface area (Å²) in [5.41, 5.74) is 15.0. The first kappa shape index (κ1) is 29.8. The molecule has 0 bridgehead atoms. The third kappa shape index (κ3) is 7.39. The quantitative estimate of drug-likeness (QED) is 0.149. The first-order valence-corrected chi connectivity index (χ1v) is 15.9. The summed E-state index contributed by atoms with van der Waals surface area (Å²) in [6.45, 7) is 4.06. The van der Waals surface area contributed by atoms with Gasteiger partial charge >= 0.3 is 5.69 Å². The monoisotopic (exact) mass is 579 g/mol. The van der Waals surface area contributed by atoms with Gasteiger partial charge in [0, 0.05) is 53.7 Å². The van der Waals surface area contributed by atoms with Crippen molar-refractivity contribution in [3.63, 3.8) is 0 Å². The SMILES string of the molecule is CN[C@@H]1C[C@@H](c2cc3cn(-c4ccc([C@@H]5CCC[C@@H](CCSC(=N)N)N5)cc4)c(=O)nc3[nH]2)N(CCC[C@@H](C)N)C1. The standard InChI is InChI=1S/C30H45N9OS/c1-19(31)5-4-13-38-18-23(34-2)16-27(38)26-15-21-17-39(30(40)37-28(21)36-26)24-10-8-20(9-11-24)25-7-3-6-22(35-25)12-14-41-29(32)33/h8-11,15,17,19,22-23,25,27,34-35H,3-7,12-14,16,18,31H2,1-2H3,(H3,32,33)(H,36,37,40)/t19-,22+,23-,25+,27+/m1/s1. The molecule has 0 unspecified atom stereocenters. The number of aromatic amines is 1. The highest BCUT2D eigenvalue weighted by Gasteiger charge is 2.33. The summed E-state index contributed by atoms with van der Waals surface area (Å²) in [6.07, 6.45) is 9.41. The number of likely N-dealkylation sites (N-methyl/N-ethyl adjacent to an activating group) is 1. The number of H-pyrrole nitrogens is 1. The van der Waals surface area contributed by atoms with Gasteiger partial charge in [-0.2, -0.15) is 4.98 Å². The zero-order valence-electron chi connectivity index (χ0n) is 24.2. The lowest BCUT2D eigenvalue weighted by Gasteiger charge is -2.31. The number of piperidine rings is 1. The van der Waals surface area contributed by atoms with E-state index in [2.05, 4.69) is 50.6 Å². The summed E-state index contributed by atoms with van der Waals surface area (Å²) in [5, 5.41) is 15.7. The Morgan fingerprint density at radius 1 is 1.29 bits per heavy atom. The number of likely N-dealkylation sites (tertiary alicyclic amines) is 1. The number of nitrogens with zero attached hydrogens (tertiary/aromatic N) is 3. The molecule has 222 valence electrons. The first-order chi connectivity index (χ1) is 19.8. The summed E-state index contributed by atoms with van der Waals surface area (Å²) in [6, 6.07) is 12.1. The predicted molar refractivity (Wildman–Crippen MR) is 169 cm³/mol. The summed E-state index contributed by atoms with van der Waals surface area (Å²) < 4.78 is 1.64. The van der Waals surface area contributed by atoms with Gasteiger partial charge in [-0.1, -0.05) is 30.3 Å². The number of aromatic nitrogens is 3. The minimum atomic E-state index is -0.286. The zero-order valence-corrected chi connectivity index (χ0v) is 25.1.